The molecule has 6 heteroatoms. The molecule has 0 radical (unpaired) electrons. The number of amides is 1. The van der Waals surface area contributed by atoms with E-state index in [1.165, 1.54) is 0 Å². The molecular formula is C26H30ClNO4. The van der Waals surface area contributed by atoms with Gasteiger partial charge < -0.3 is 14.8 Å². The largest absolute Gasteiger partial charge is 0.484 e. The number of hydrogen-bond donors (Lipinski definition) is 1. The second-order valence-corrected chi connectivity index (χ2v) is 7.74. The molecule has 1 amide bonds. The van der Waals surface area contributed by atoms with Crippen LogP contribution in [0, 0.1) is 5.92 Å². The van der Waals surface area contributed by atoms with E-state index >= 15 is 0 Å². The van der Waals surface area contributed by atoms with Gasteiger partial charge in [0.1, 0.15) is 12.4 Å². The fourth-order valence-corrected chi connectivity index (χ4v) is 3.36. The monoisotopic (exact) mass is 455 g/mol. The average Bonchev–Trinajstić information content (AvgIpc) is 2.79. The van der Waals surface area contributed by atoms with E-state index in [2.05, 4.69) is 11.9 Å². The second kappa shape index (κ2) is 15.0. The van der Waals surface area contributed by atoms with Crippen LogP contribution in [0.3, 0.4) is 0 Å². The van der Waals surface area contributed by atoms with Crippen LogP contribution in [-0.4, -0.2) is 36.9 Å². The van der Waals surface area contributed by atoms with Gasteiger partial charge in [0.2, 0.25) is 0 Å². The van der Waals surface area contributed by atoms with Gasteiger partial charge in [-0.05, 0) is 43.0 Å². The number of para-hydroxylation sites is 1. The highest BCUT2D eigenvalue weighted by atomic mass is 35.5. The number of allylic oxidation sites excluding steroid dienone is 7. The summed E-state index contributed by atoms with van der Waals surface area (Å²) < 4.78 is 10.8. The van der Waals surface area contributed by atoms with Crippen LogP contribution in [0.2, 0.25) is 0 Å². The van der Waals surface area contributed by atoms with Crippen molar-refractivity contribution in [1.29, 1.82) is 0 Å². The first-order valence-electron chi connectivity index (χ1n) is 10.6. The summed E-state index contributed by atoms with van der Waals surface area (Å²) in [5.74, 6) is 0.589. The molecule has 0 bridgehead atoms. The zero-order valence-corrected chi connectivity index (χ0v) is 18.9. The van der Waals surface area contributed by atoms with Crippen LogP contribution >= 0.6 is 11.6 Å². The van der Waals surface area contributed by atoms with Crippen molar-refractivity contribution < 1.29 is 19.1 Å². The molecule has 1 aromatic rings. The summed E-state index contributed by atoms with van der Waals surface area (Å²) in [6.07, 6.45) is 16.7. The lowest BCUT2D eigenvalue weighted by Gasteiger charge is -2.21. The third-order valence-corrected chi connectivity index (χ3v) is 5.08. The summed E-state index contributed by atoms with van der Waals surface area (Å²) >= 11 is 6.46. The molecule has 0 spiro atoms. The van der Waals surface area contributed by atoms with Crippen molar-refractivity contribution in [3.8, 4) is 5.75 Å². The highest BCUT2D eigenvalue weighted by Gasteiger charge is 2.20. The fraction of sp³-hybridized carbons (Fsp3) is 0.308. The third-order valence-electron chi connectivity index (χ3n) is 4.63. The van der Waals surface area contributed by atoms with Crippen LogP contribution in [0.5, 0.6) is 5.75 Å². The number of benzene rings is 1. The minimum absolute atomic E-state index is 0.0723. The van der Waals surface area contributed by atoms with Crippen LogP contribution in [0.4, 0.5) is 0 Å². The molecule has 0 heterocycles. The molecule has 170 valence electrons. The van der Waals surface area contributed by atoms with E-state index in [1.54, 1.807) is 18.2 Å². The number of halogens is 1. The lowest BCUT2D eigenvalue weighted by molar-refractivity contribution is -0.123. The Morgan fingerprint density at radius 3 is 2.69 bits per heavy atom. The van der Waals surface area contributed by atoms with Gasteiger partial charge in [-0.2, -0.15) is 0 Å². The Bertz CT molecular complexity index is 858. The molecular weight excluding hydrogens is 426 g/mol. The van der Waals surface area contributed by atoms with Gasteiger partial charge in [-0.1, -0.05) is 61.2 Å². The highest BCUT2D eigenvalue weighted by molar-refractivity contribution is 6.22. The van der Waals surface area contributed by atoms with Gasteiger partial charge >= 0.3 is 0 Å². The molecule has 0 aromatic heterocycles. The van der Waals surface area contributed by atoms with Crippen LogP contribution in [-0.2, 0) is 14.3 Å². The molecule has 1 aliphatic rings. The van der Waals surface area contributed by atoms with Crippen LogP contribution in [0.15, 0.2) is 91.2 Å². The predicted molar refractivity (Wildman–Crippen MR) is 129 cm³/mol. The molecule has 0 fully saturated rings. The van der Waals surface area contributed by atoms with Gasteiger partial charge in [0.05, 0.1) is 12.0 Å². The number of nitrogens with one attached hydrogen (secondary N) is 1. The van der Waals surface area contributed by atoms with E-state index in [4.69, 9.17) is 21.1 Å². The zero-order valence-electron chi connectivity index (χ0n) is 18.1. The maximum atomic E-state index is 12.1. The predicted octanol–water partition coefficient (Wildman–Crippen LogP) is 4.91. The van der Waals surface area contributed by atoms with Crippen molar-refractivity contribution in [2.45, 2.75) is 24.6 Å². The Balaban J connectivity index is 1.61. The summed E-state index contributed by atoms with van der Waals surface area (Å²) in [4.78, 5) is 24.0. The Kier molecular flexibility index (Phi) is 11.9. The van der Waals surface area contributed by atoms with Crippen LogP contribution < -0.4 is 10.1 Å². The van der Waals surface area contributed by atoms with E-state index in [9.17, 15) is 9.59 Å². The summed E-state index contributed by atoms with van der Waals surface area (Å²) in [5.41, 5.74) is 0.656. The number of rotatable bonds is 14. The van der Waals surface area contributed by atoms with Gasteiger partial charge in [-0.3, -0.25) is 9.59 Å². The summed E-state index contributed by atoms with van der Waals surface area (Å²) in [6, 6.07) is 9.17. The smallest absolute Gasteiger partial charge is 0.262 e. The van der Waals surface area contributed by atoms with Gasteiger partial charge in [0.25, 0.3) is 5.91 Å². The van der Waals surface area contributed by atoms with E-state index in [0.29, 0.717) is 24.5 Å². The Labute approximate surface area is 195 Å². The number of carbonyl (C=O) groups is 2. The Morgan fingerprint density at radius 1 is 1.12 bits per heavy atom. The van der Waals surface area contributed by atoms with Crippen molar-refractivity contribution in [3.05, 3.63) is 91.2 Å². The molecule has 1 N–H and O–H groups in total. The highest BCUT2D eigenvalue weighted by Crippen LogP contribution is 2.25. The lowest BCUT2D eigenvalue weighted by Crippen LogP contribution is -2.30. The molecule has 0 saturated carbocycles. The van der Waals surface area contributed by atoms with Crippen molar-refractivity contribution in [3.63, 3.8) is 0 Å². The first-order valence-corrected chi connectivity index (χ1v) is 11.1. The number of Topliss-reactive ketones (excluding diaryl/α,β-unsaturated/α-hetero) is 1. The molecule has 32 heavy (non-hydrogen) atoms. The number of alkyl halides is 1. The maximum Gasteiger partial charge on any atom is 0.262 e. The van der Waals surface area contributed by atoms with E-state index < -0.39 is 0 Å². The van der Waals surface area contributed by atoms with Crippen LogP contribution in [0.1, 0.15) is 19.3 Å². The Morgan fingerprint density at radius 2 is 1.94 bits per heavy atom. The van der Waals surface area contributed by atoms with Gasteiger partial charge in [0.15, 0.2) is 12.4 Å². The van der Waals surface area contributed by atoms with Gasteiger partial charge in [0, 0.05) is 12.1 Å². The quantitative estimate of drug-likeness (QED) is 0.246. The van der Waals surface area contributed by atoms with E-state index in [-0.39, 0.29) is 36.2 Å². The Hall–Kier alpha value is -2.89. The van der Waals surface area contributed by atoms with E-state index in [1.807, 2.05) is 60.7 Å². The maximum absolute atomic E-state index is 12.1. The number of hydrogen-bond acceptors (Lipinski definition) is 4. The molecule has 0 aliphatic heterocycles. The minimum atomic E-state index is -0.246. The van der Waals surface area contributed by atoms with Crippen molar-refractivity contribution in [2.75, 3.05) is 19.8 Å². The second-order valence-electron chi connectivity index (χ2n) is 7.23. The molecule has 2 rings (SSSR count). The summed E-state index contributed by atoms with van der Waals surface area (Å²) in [7, 11) is 0. The minimum Gasteiger partial charge on any atom is -0.484 e. The molecule has 1 aromatic carbocycles. The normalized spacial score (nSPS) is 18.0. The lowest BCUT2D eigenvalue weighted by atomic mass is 9.93. The van der Waals surface area contributed by atoms with Crippen molar-refractivity contribution in [1.82, 2.24) is 5.32 Å². The molecule has 1 aliphatic carbocycles. The number of ether oxygens (including phenoxy) is 2. The SMILES string of the molecule is C=C/C=C\C=C/COCC(=O)CCCC1C=CC(NC(=O)COc2ccccc2)=CC1Cl. The molecule has 5 nitrogen and oxygen atoms in total. The summed E-state index contributed by atoms with van der Waals surface area (Å²) in [6.45, 7) is 4.02. The first kappa shape index (κ1) is 25.4. The topological polar surface area (TPSA) is 64.6 Å². The zero-order chi connectivity index (χ0) is 23.0. The molecule has 2 unspecified atom stereocenters. The molecule has 0 saturated heterocycles. The van der Waals surface area contributed by atoms with Gasteiger partial charge in [-0.25, -0.2) is 0 Å². The summed E-state index contributed by atoms with van der Waals surface area (Å²) in [5, 5.41) is 2.55. The average molecular weight is 456 g/mol. The van der Waals surface area contributed by atoms with E-state index in [0.717, 1.165) is 12.8 Å². The van der Waals surface area contributed by atoms with Crippen molar-refractivity contribution >= 4 is 23.3 Å². The van der Waals surface area contributed by atoms with Gasteiger partial charge in [-0.15, -0.1) is 11.6 Å². The number of carbonyl (C=O) groups excluding carboxylic acids is 2. The first-order chi connectivity index (χ1) is 15.6. The van der Waals surface area contributed by atoms with Crippen molar-refractivity contribution in [2.24, 2.45) is 5.92 Å². The standard InChI is InChI=1S/C26H30ClNO4/c1-2-3-4-5-9-17-31-19-23(29)12-10-11-21-15-16-22(18-25(21)27)28-26(30)20-32-24-13-7-6-8-14-24/h2-9,13-16,18,21,25H,1,10-12,17,19-20H2,(H,28,30)/b4-3-,9-5-. The number of ketones is 1. The van der Waals surface area contributed by atoms with Crippen LogP contribution in [0.25, 0.3) is 0 Å². The molecule has 2 atom stereocenters. The third kappa shape index (κ3) is 10.4. The fourth-order valence-electron chi connectivity index (χ4n) is 3.01.